The van der Waals surface area contributed by atoms with Crippen molar-refractivity contribution >= 4 is 28.0 Å². The maximum atomic E-state index is 12.9. The molecule has 0 bridgehead atoms. The topological polar surface area (TPSA) is 37.3 Å². The van der Waals surface area contributed by atoms with E-state index in [-0.39, 0.29) is 6.42 Å². The zero-order valence-corrected chi connectivity index (χ0v) is 9.50. The smallest absolute Gasteiger partial charge is 0.307 e. The summed E-state index contributed by atoms with van der Waals surface area (Å²) in [5.41, 5.74) is 1.22. The maximum absolute atomic E-state index is 12.9. The lowest BCUT2D eigenvalue weighted by molar-refractivity contribution is -0.136. The van der Waals surface area contributed by atoms with Gasteiger partial charge in [0.15, 0.2) is 0 Å². The number of carboxylic acid groups (broad SMARTS) is 1. The Balaban J connectivity index is 3.02. The highest BCUT2D eigenvalue weighted by Crippen LogP contribution is 2.14. The van der Waals surface area contributed by atoms with Gasteiger partial charge in [0.25, 0.3) is 0 Å². The van der Waals surface area contributed by atoms with Crippen molar-refractivity contribution in [3.8, 4) is 0 Å². The van der Waals surface area contributed by atoms with Crippen molar-refractivity contribution in [1.82, 2.24) is 0 Å². The molecule has 0 aliphatic heterocycles. The molecule has 1 aromatic carbocycles. The number of carbonyl (C=O) groups is 1. The summed E-state index contributed by atoms with van der Waals surface area (Å²) in [6.07, 6.45) is 3.44. The number of allylic oxidation sites excluding steroid dienone is 1. The van der Waals surface area contributed by atoms with E-state index in [1.54, 1.807) is 12.1 Å². The molecule has 0 fully saturated rings. The van der Waals surface area contributed by atoms with Crippen LogP contribution in [-0.4, -0.2) is 16.4 Å². The summed E-state index contributed by atoms with van der Waals surface area (Å²) < 4.78 is 12.9. The normalized spacial score (nSPS) is 10.8. The molecule has 0 radical (unpaired) electrons. The largest absolute Gasteiger partial charge is 0.481 e. The van der Waals surface area contributed by atoms with Gasteiger partial charge >= 0.3 is 5.97 Å². The Morgan fingerprint density at radius 3 is 2.87 bits per heavy atom. The zero-order chi connectivity index (χ0) is 11.3. The summed E-state index contributed by atoms with van der Waals surface area (Å²) in [5, 5.41) is 9.33. The highest BCUT2D eigenvalue weighted by Gasteiger charge is 2.06. The quantitative estimate of drug-likeness (QED) is 0.856. The third kappa shape index (κ3) is 3.83. The van der Waals surface area contributed by atoms with E-state index in [0.29, 0.717) is 10.9 Å². The number of aliphatic carboxylic acids is 1. The fourth-order valence-electron chi connectivity index (χ4n) is 1.22. The van der Waals surface area contributed by atoms with E-state index in [0.717, 1.165) is 5.56 Å². The van der Waals surface area contributed by atoms with Gasteiger partial charge in [-0.05, 0) is 23.3 Å². The third-order valence-electron chi connectivity index (χ3n) is 1.83. The fraction of sp³-hybridized carbons (Fsp3) is 0.182. The predicted octanol–water partition coefficient (Wildman–Crippen LogP) is 2.86. The van der Waals surface area contributed by atoms with Gasteiger partial charge in [-0.3, -0.25) is 4.79 Å². The summed E-state index contributed by atoms with van der Waals surface area (Å²) in [7, 11) is 0. The second-order valence-electron chi connectivity index (χ2n) is 2.97. The van der Waals surface area contributed by atoms with Crippen LogP contribution in [0.15, 0.2) is 24.3 Å². The lowest BCUT2D eigenvalue weighted by atomic mass is 10.0. The molecule has 0 saturated carbocycles. The Morgan fingerprint density at radius 2 is 2.27 bits per heavy atom. The van der Waals surface area contributed by atoms with E-state index < -0.39 is 11.8 Å². The standard InChI is InChI=1S/C11H10BrFO2/c12-5-1-2-8-3-4-10(13)6-9(8)7-11(14)15/h1-4,6H,5,7H2,(H,14,15). The van der Waals surface area contributed by atoms with Crippen LogP contribution >= 0.6 is 15.9 Å². The predicted molar refractivity (Wildman–Crippen MR) is 60.6 cm³/mol. The fourth-order valence-corrected chi connectivity index (χ4v) is 1.41. The number of hydrogen-bond donors (Lipinski definition) is 1. The van der Waals surface area contributed by atoms with Crippen LogP contribution < -0.4 is 0 Å². The Bertz CT molecular complexity index is 388. The van der Waals surface area contributed by atoms with Crippen LogP contribution in [-0.2, 0) is 11.2 Å². The Labute approximate surface area is 95.6 Å². The zero-order valence-electron chi connectivity index (χ0n) is 7.91. The number of hydrogen-bond acceptors (Lipinski definition) is 1. The van der Waals surface area contributed by atoms with Gasteiger partial charge < -0.3 is 5.11 Å². The SMILES string of the molecule is O=C(O)Cc1cc(F)ccc1C=CCBr. The molecule has 0 aliphatic carbocycles. The van der Waals surface area contributed by atoms with E-state index in [9.17, 15) is 9.18 Å². The molecule has 0 spiro atoms. The summed E-state index contributed by atoms with van der Waals surface area (Å²) in [4.78, 5) is 10.6. The van der Waals surface area contributed by atoms with Gasteiger partial charge in [-0.15, -0.1) is 0 Å². The first-order chi connectivity index (χ1) is 7.13. The van der Waals surface area contributed by atoms with Gasteiger partial charge in [0.1, 0.15) is 5.82 Å². The van der Waals surface area contributed by atoms with E-state index in [4.69, 9.17) is 5.11 Å². The van der Waals surface area contributed by atoms with Gasteiger partial charge in [-0.25, -0.2) is 4.39 Å². The molecule has 2 nitrogen and oxygen atoms in total. The summed E-state index contributed by atoms with van der Waals surface area (Å²) in [6.45, 7) is 0. The number of rotatable bonds is 4. The van der Waals surface area contributed by atoms with Crippen LogP contribution in [0.1, 0.15) is 11.1 Å². The van der Waals surface area contributed by atoms with Crippen molar-refractivity contribution in [2.24, 2.45) is 0 Å². The van der Waals surface area contributed by atoms with Crippen molar-refractivity contribution < 1.29 is 14.3 Å². The average molecular weight is 273 g/mol. The molecule has 0 aromatic heterocycles. The minimum atomic E-state index is -0.964. The first-order valence-corrected chi connectivity index (χ1v) is 5.48. The van der Waals surface area contributed by atoms with Crippen molar-refractivity contribution in [1.29, 1.82) is 0 Å². The van der Waals surface area contributed by atoms with Crippen molar-refractivity contribution in [2.75, 3.05) is 5.33 Å². The molecule has 15 heavy (non-hydrogen) atoms. The number of halogens is 2. The number of benzene rings is 1. The second-order valence-corrected chi connectivity index (χ2v) is 3.62. The number of alkyl halides is 1. The number of carboxylic acids is 1. The van der Waals surface area contributed by atoms with Crippen LogP contribution in [0.4, 0.5) is 4.39 Å². The molecule has 1 rings (SSSR count). The van der Waals surface area contributed by atoms with Crippen LogP contribution in [0.5, 0.6) is 0 Å². The van der Waals surface area contributed by atoms with Crippen molar-refractivity contribution in [2.45, 2.75) is 6.42 Å². The maximum Gasteiger partial charge on any atom is 0.307 e. The molecule has 0 atom stereocenters. The van der Waals surface area contributed by atoms with E-state index in [1.165, 1.54) is 12.1 Å². The lowest BCUT2D eigenvalue weighted by Gasteiger charge is -2.03. The molecule has 0 saturated heterocycles. The van der Waals surface area contributed by atoms with Crippen LogP contribution in [0.25, 0.3) is 6.08 Å². The molecule has 1 N–H and O–H groups in total. The Morgan fingerprint density at radius 1 is 1.53 bits per heavy atom. The van der Waals surface area contributed by atoms with Crippen molar-refractivity contribution in [3.63, 3.8) is 0 Å². The van der Waals surface area contributed by atoms with Crippen LogP contribution in [0, 0.1) is 5.82 Å². The lowest BCUT2D eigenvalue weighted by Crippen LogP contribution is -2.02. The second kappa shape index (κ2) is 5.66. The molecule has 4 heteroatoms. The minimum Gasteiger partial charge on any atom is -0.481 e. The first kappa shape index (κ1) is 11.9. The molecule has 0 unspecified atom stereocenters. The third-order valence-corrected chi connectivity index (χ3v) is 2.21. The monoisotopic (exact) mass is 272 g/mol. The van der Waals surface area contributed by atoms with Crippen LogP contribution in [0.2, 0.25) is 0 Å². The highest BCUT2D eigenvalue weighted by atomic mass is 79.9. The van der Waals surface area contributed by atoms with Gasteiger partial charge in [0.2, 0.25) is 0 Å². The Hall–Kier alpha value is -1.16. The van der Waals surface area contributed by atoms with Crippen LogP contribution in [0.3, 0.4) is 0 Å². The van der Waals surface area contributed by atoms with E-state index >= 15 is 0 Å². The minimum absolute atomic E-state index is 0.167. The Kier molecular flexibility index (Phi) is 4.49. The first-order valence-electron chi connectivity index (χ1n) is 4.36. The molecular formula is C11H10BrFO2. The summed E-state index contributed by atoms with van der Waals surface area (Å²) >= 11 is 3.22. The molecule has 0 amide bonds. The van der Waals surface area contributed by atoms with E-state index in [2.05, 4.69) is 15.9 Å². The molecule has 80 valence electrons. The molecular weight excluding hydrogens is 263 g/mol. The highest BCUT2D eigenvalue weighted by molar-refractivity contribution is 9.09. The summed E-state index contributed by atoms with van der Waals surface area (Å²) in [5.74, 6) is -1.38. The van der Waals surface area contributed by atoms with Gasteiger partial charge in [-0.1, -0.05) is 34.1 Å². The van der Waals surface area contributed by atoms with E-state index in [1.807, 2.05) is 6.08 Å². The van der Waals surface area contributed by atoms with Gasteiger partial charge in [-0.2, -0.15) is 0 Å². The van der Waals surface area contributed by atoms with Gasteiger partial charge in [0, 0.05) is 5.33 Å². The summed E-state index contributed by atoms with van der Waals surface area (Å²) in [6, 6.07) is 4.15. The molecule has 1 aromatic rings. The molecule has 0 aliphatic rings. The molecule has 0 heterocycles. The average Bonchev–Trinajstić information content (AvgIpc) is 2.16. The van der Waals surface area contributed by atoms with Crippen molar-refractivity contribution in [3.05, 3.63) is 41.2 Å². The van der Waals surface area contributed by atoms with Gasteiger partial charge in [0.05, 0.1) is 6.42 Å².